The predicted octanol–water partition coefficient (Wildman–Crippen LogP) is 1.94. The van der Waals surface area contributed by atoms with E-state index in [1.807, 2.05) is 11.0 Å². The van der Waals surface area contributed by atoms with Crippen molar-refractivity contribution < 1.29 is 9.53 Å². The average Bonchev–Trinajstić information content (AvgIpc) is 3.30. The molecule has 5 heteroatoms. The first-order valence-electron chi connectivity index (χ1n) is 9.50. The number of likely N-dealkylation sites (tertiary alicyclic amines) is 1. The maximum atomic E-state index is 12.1. The van der Waals surface area contributed by atoms with E-state index in [-0.39, 0.29) is 5.91 Å². The number of nitrogens with one attached hydrogen (secondary N) is 1. The van der Waals surface area contributed by atoms with Crippen molar-refractivity contribution in [3.05, 3.63) is 29.8 Å². The summed E-state index contributed by atoms with van der Waals surface area (Å²) in [6, 6.07) is 8.35. The number of ether oxygens (including phenoxy) is 1. The summed E-state index contributed by atoms with van der Waals surface area (Å²) in [5.74, 6) is 1.98. The maximum Gasteiger partial charge on any atom is 0.219 e. The van der Waals surface area contributed by atoms with Gasteiger partial charge < -0.3 is 19.9 Å². The molecule has 1 amide bonds. The Hall–Kier alpha value is -1.59. The molecule has 5 nitrogen and oxygen atoms in total. The average molecular weight is 345 g/mol. The van der Waals surface area contributed by atoms with Crippen LogP contribution in [0.5, 0.6) is 5.75 Å². The molecule has 2 saturated heterocycles. The van der Waals surface area contributed by atoms with Crippen molar-refractivity contribution >= 4 is 5.91 Å². The van der Waals surface area contributed by atoms with Crippen LogP contribution in [0.15, 0.2) is 24.3 Å². The van der Waals surface area contributed by atoms with Crippen LogP contribution < -0.4 is 10.1 Å². The van der Waals surface area contributed by atoms with Crippen LogP contribution >= 0.6 is 0 Å². The Morgan fingerprint density at radius 3 is 2.84 bits per heavy atom. The van der Waals surface area contributed by atoms with Gasteiger partial charge in [0.15, 0.2) is 0 Å². The number of hydrogen-bond acceptors (Lipinski definition) is 4. The molecule has 0 spiro atoms. The molecule has 2 unspecified atom stereocenters. The molecule has 2 aliphatic heterocycles. The van der Waals surface area contributed by atoms with E-state index < -0.39 is 0 Å². The highest BCUT2D eigenvalue weighted by Crippen LogP contribution is 2.30. The first-order chi connectivity index (χ1) is 12.2. The topological polar surface area (TPSA) is 44.8 Å². The van der Waals surface area contributed by atoms with E-state index >= 15 is 0 Å². The molecule has 0 aliphatic carbocycles. The van der Waals surface area contributed by atoms with E-state index in [0.717, 1.165) is 38.5 Å². The highest BCUT2D eigenvalue weighted by Gasteiger charge is 2.31. The smallest absolute Gasteiger partial charge is 0.219 e. The number of benzene rings is 1. The first kappa shape index (κ1) is 18.2. The molecule has 2 fully saturated rings. The third kappa shape index (κ3) is 4.73. The minimum absolute atomic E-state index is 0.190. The number of amides is 1. The Kier molecular flexibility index (Phi) is 6.32. The third-order valence-corrected chi connectivity index (χ3v) is 5.65. The van der Waals surface area contributed by atoms with Crippen molar-refractivity contribution in [2.75, 3.05) is 52.9 Å². The lowest BCUT2D eigenvalue weighted by molar-refractivity contribution is -0.129. The molecule has 2 heterocycles. The van der Waals surface area contributed by atoms with E-state index in [1.54, 1.807) is 14.0 Å². The fraction of sp³-hybridized carbons (Fsp3) is 0.650. The van der Waals surface area contributed by atoms with Crippen molar-refractivity contribution in [2.45, 2.75) is 25.7 Å². The van der Waals surface area contributed by atoms with Crippen molar-refractivity contribution in [2.24, 2.45) is 5.92 Å². The van der Waals surface area contributed by atoms with Gasteiger partial charge in [0.05, 0.1) is 7.11 Å². The molecule has 0 aromatic heterocycles. The molecular formula is C20H31N3O2. The first-order valence-corrected chi connectivity index (χ1v) is 9.50. The molecule has 1 aromatic carbocycles. The third-order valence-electron chi connectivity index (χ3n) is 5.65. The number of methoxy groups -OCH3 is 1. The highest BCUT2D eigenvalue weighted by atomic mass is 16.5. The molecule has 25 heavy (non-hydrogen) atoms. The lowest BCUT2D eigenvalue weighted by atomic mass is 9.88. The summed E-state index contributed by atoms with van der Waals surface area (Å²) in [6.07, 6.45) is 2.59. The SMILES string of the molecule is COc1cccc(C2CNCC2CN(CCN2CCCC2)C(C)=O)c1. The Labute approximate surface area is 151 Å². The van der Waals surface area contributed by atoms with Gasteiger partial charge in [-0.05, 0) is 49.5 Å². The second kappa shape index (κ2) is 8.68. The number of rotatable bonds is 7. The van der Waals surface area contributed by atoms with Crippen molar-refractivity contribution in [1.29, 1.82) is 0 Å². The van der Waals surface area contributed by atoms with Crippen LogP contribution in [0.2, 0.25) is 0 Å². The molecule has 2 aliphatic rings. The summed E-state index contributed by atoms with van der Waals surface area (Å²) in [5, 5.41) is 3.51. The monoisotopic (exact) mass is 345 g/mol. The molecule has 1 N–H and O–H groups in total. The molecule has 2 atom stereocenters. The van der Waals surface area contributed by atoms with Crippen LogP contribution in [0.3, 0.4) is 0 Å². The van der Waals surface area contributed by atoms with E-state index in [4.69, 9.17) is 4.74 Å². The number of carbonyl (C=O) groups excluding carboxylic acids is 1. The van der Waals surface area contributed by atoms with Gasteiger partial charge in [0, 0.05) is 45.6 Å². The zero-order valence-corrected chi connectivity index (χ0v) is 15.5. The van der Waals surface area contributed by atoms with Gasteiger partial charge in [-0.25, -0.2) is 0 Å². The van der Waals surface area contributed by atoms with Crippen LogP contribution in [-0.2, 0) is 4.79 Å². The van der Waals surface area contributed by atoms with Crippen molar-refractivity contribution in [3.8, 4) is 5.75 Å². The summed E-state index contributed by atoms with van der Waals surface area (Å²) >= 11 is 0. The molecule has 1 aromatic rings. The maximum absolute atomic E-state index is 12.1. The van der Waals surface area contributed by atoms with Gasteiger partial charge >= 0.3 is 0 Å². The lowest BCUT2D eigenvalue weighted by Crippen LogP contribution is -2.40. The van der Waals surface area contributed by atoms with E-state index in [9.17, 15) is 4.79 Å². The fourth-order valence-corrected chi connectivity index (χ4v) is 4.12. The summed E-state index contributed by atoms with van der Waals surface area (Å²) < 4.78 is 5.37. The standard InChI is InChI=1S/C20H31N3O2/c1-16(24)23(11-10-22-8-3-4-9-22)15-18-13-21-14-20(18)17-6-5-7-19(12-17)25-2/h5-7,12,18,20-21H,3-4,8-11,13-15H2,1-2H3. The second-order valence-electron chi connectivity index (χ2n) is 7.32. The minimum atomic E-state index is 0.190. The van der Waals surface area contributed by atoms with Crippen LogP contribution in [0.1, 0.15) is 31.2 Å². The van der Waals surface area contributed by atoms with Gasteiger partial charge in [-0.3, -0.25) is 4.79 Å². The van der Waals surface area contributed by atoms with Gasteiger partial charge in [-0.2, -0.15) is 0 Å². The summed E-state index contributed by atoms with van der Waals surface area (Å²) in [6.45, 7) is 8.68. The Morgan fingerprint density at radius 2 is 2.12 bits per heavy atom. The largest absolute Gasteiger partial charge is 0.497 e. The van der Waals surface area contributed by atoms with Gasteiger partial charge in [0.25, 0.3) is 0 Å². The molecule has 138 valence electrons. The Bertz CT molecular complexity index is 572. The fourth-order valence-electron chi connectivity index (χ4n) is 4.12. The van der Waals surface area contributed by atoms with Gasteiger partial charge in [-0.15, -0.1) is 0 Å². The van der Waals surface area contributed by atoms with Crippen LogP contribution in [-0.4, -0.2) is 68.6 Å². The van der Waals surface area contributed by atoms with Crippen molar-refractivity contribution in [3.63, 3.8) is 0 Å². The normalized spacial score (nSPS) is 23.8. The summed E-state index contributed by atoms with van der Waals surface area (Å²) in [4.78, 5) is 16.7. The lowest BCUT2D eigenvalue weighted by Gasteiger charge is -2.29. The van der Waals surface area contributed by atoms with Crippen molar-refractivity contribution in [1.82, 2.24) is 15.1 Å². The Morgan fingerprint density at radius 1 is 1.32 bits per heavy atom. The molecular weight excluding hydrogens is 314 g/mol. The van der Waals surface area contributed by atoms with Crippen LogP contribution in [0, 0.1) is 5.92 Å². The number of hydrogen-bond donors (Lipinski definition) is 1. The van der Waals surface area contributed by atoms with Gasteiger partial charge in [0.1, 0.15) is 5.75 Å². The minimum Gasteiger partial charge on any atom is -0.497 e. The quantitative estimate of drug-likeness (QED) is 0.820. The van der Waals surface area contributed by atoms with E-state index in [2.05, 4.69) is 28.4 Å². The predicted molar refractivity (Wildman–Crippen MR) is 100 cm³/mol. The molecule has 3 rings (SSSR count). The molecule has 0 saturated carbocycles. The van der Waals surface area contributed by atoms with E-state index in [0.29, 0.717) is 11.8 Å². The molecule has 0 bridgehead atoms. The van der Waals surface area contributed by atoms with E-state index in [1.165, 1.54) is 31.5 Å². The van der Waals surface area contributed by atoms with Gasteiger partial charge in [0.2, 0.25) is 5.91 Å². The van der Waals surface area contributed by atoms with Crippen LogP contribution in [0.4, 0.5) is 0 Å². The summed E-state index contributed by atoms with van der Waals surface area (Å²) in [5.41, 5.74) is 1.30. The zero-order chi connectivity index (χ0) is 17.6. The number of nitrogens with zero attached hydrogens (tertiary/aromatic N) is 2. The van der Waals surface area contributed by atoms with Crippen LogP contribution in [0.25, 0.3) is 0 Å². The second-order valence-corrected chi connectivity index (χ2v) is 7.32. The molecule has 0 radical (unpaired) electrons. The zero-order valence-electron chi connectivity index (χ0n) is 15.5. The number of carbonyl (C=O) groups is 1. The highest BCUT2D eigenvalue weighted by molar-refractivity contribution is 5.73. The summed E-state index contributed by atoms with van der Waals surface area (Å²) in [7, 11) is 1.71. The Balaban J connectivity index is 1.62. The van der Waals surface area contributed by atoms with Gasteiger partial charge in [-0.1, -0.05) is 12.1 Å².